The molecule has 2 amide bonds. The van der Waals surface area contributed by atoms with Crippen molar-refractivity contribution in [1.82, 2.24) is 4.90 Å². The zero-order valence-electron chi connectivity index (χ0n) is 16.6. The summed E-state index contributed by atoms with van der Waals surface area (Å²) < 4.78 is 10.6. The second-order valence-corrected chi connectivity index (χ2v) is 8.56. The molecule has 0 aliphatic carbocycles. The molecule has 9 heteroatoms. The zero-order valence-corrected chi connectivity index (χ0v) is 19.0. The average molecular weight is 488 g/mol. The average Bonchev–Trinajstić information content (AvgIpc) is 3.36. The fourth-order valence-electron chi connectivity index (χ4n) is 3.15. The summed E-state index contributed by atoms with van der Waals surface area (Å²) in [4.78, 5) is 38.6. The van der Waals surface area contributed by atoms with Crippen molar-refractivity contribution >= 4 is 58.2 Å². The SMILES string of the molecule is COC(=O)c1ccccc1-c1ccc(/C=C2\SC(=O)N(Cc3ccc(Cl)c(Cl)c3)C2=O)o1. The minimum atomic E-state index is -0.484. The van der Waals surface area contributed by atoms with Gasteiger partial charge in [0, 0.05) is 11.6 Å². The van der Waals surface area contributed by atoms with Crippen LogP contribution in [-0.4, -0.2) is 29.1 Å². The third-order valence-electron chi connectivity index (χ3n) is 4.70. The van der Waals surface area contributed by atoms with Crippen molar-refractivity contribution < 1.29 is 23.5 Å². The molecule has 1 saturated heterocycles. The molecule has 0 N–H and O–H groups in total. The number of carbonyl (C=O) groups excluding carboxylic acids is 3. The molecule has 3 aromatic rings. The van der Waals surface area contributed by atoms with Crippen molar-refractivity contribution in [3.63, 3.8) is 0 Å². The van der Waals surface area contributed by atoms with E-state index in [1.807, 2.05) is 0 Å². The van der Waals surface area contributed by atoms with Crippen LogP contribution in [0.15, 0.2) is 63.9 Å². The third kappa shape index (κ3) is 4.46. The monoisotopic (exact) mass is 487 g/mol. The van der Waals surface area contributed by atoms with Crippen LogP contribution in [-0.2, 0) is 16.1 Å². The van der Waals surface area contributed by atoms with E-state index in [0.29, 0.717) is 38.3 Å². The number of esters is 1. The number of benzene rings is 2. The van der Waals surface area contributed by atoms with Gasteiger partial charge < -0.3 is 9.15 Å². The standard InChI is InChI=1S/C23H15Cl2NO5S/c1-30-22(28)16-5-3-2-4-15(16)19-9-7-14(31-19)11-20-21(27)26(23(29)32-20)12-13-6-8-17(24)18(25)10-13/h2-11H,12H2,1H3/b20-11-. The molecule has 162 valence electrons. The van der Waals surface area contributed by atoms with Gasteiger partial charge in [0.25, 0.3) is 11.1 Å². The van der Waals surface area contributed by atoms with E-state index >= 15 is 0 Å². The fraction of sp³-hybridized carbons (Fsp3) is 0.0870. The summed E-state index contributed by atoms with van der Waals surface area (Å²) in [5.74, 6) is -0.104. The van der Waals surface area contributed by atoms with Crippen molar-refractivity contribution in [3.8, 4) is 11.3 Å². The number of amides is 2. The van der Waals surface area contributed by atoms with E-state index in [4.69, 9.17) is 32.4 Å². The number of halogens is 2. The number of rotatable bonds is 5. The summed E-state index contributed by atoms with van der Waals surface area (Å²) in [6, 6.07) is 15.2. The van der Waals surface area contributed by atoms with E-state index < -0.39 is 17.1 Å². The first-order valence-electron chi connectivity index (χ1n) is 9.34. The van der Waals surface area contributed by atoms with Gasteiger partial charge in [-0.15, -0.1) is 0 Å². The predicted molar refractivity (Wildman–Crippen MR) is 123 cm³/mol. The largest absolute Gasteiger partial charge is 0.465 e. The minimum Gasteiger partial charge on any atom is -0.465 e. The number of ether oxygens (including phenoxy) is 1. The first kappa shape index (κ1) is 22.2. The Bertz CT molecular complexity index is 1270. The van der Waals surface area contributed by atoms with Crippen LogP contribution in [0.1, 0.15) is 21.7 Å². The smallest absolute Gasteiger partial charge is 0.338 e. The van der Waals surface area contributed by atoms with Crippen LogP contribution >= 0.6 is 35.0 Å². The van der Waals surface area contributed by atoms with Gasteiger partial charge in [-0.05, 0) is 47.7 Å². The maximum absolute atomic E-state index is 12.8. The predicted octanol–water partition coefficient (Wildman–Crippen LogP) is 6.28. The molecule has 1 aliphatic rings. The Labute approximate surface area is 197 Å². The van der Waals surface area contributed by atoms with Crippen LogP contribution in [0.4, 0.5) is 4.79 Å². The van der Waals surface area contributed by atoms with E-state index in [2.05, 4.69) is 0 Å². The normalized spacial score (nSPS) is 15.0. The summed E-state index contributed by atoms with van der Waals surface area (Å²) in [6.45, 7) is 0.0782. The number of imide groups is 1. The van der Waals surface area contributed by atoms with E-state index in [1.165, 1.54) is 13.2 Å². The molecule has 1 aliphatic heterocycles. The highest BCUT2D eigenvalue weighted by molar-refractivity contribution is 8.18. The van der Waals surface area contributed by atoms with Crippen molar-refractivity contribution in [3.05, 3.63) is 86.4 Å². The van der Waals surface area contributed by atoms with Crippen molar-refractivity contribution in [2.75, 3.05) is 7.11 Å². The van der Waals surface area contributed by atoms with E-state index in [-0.39, 0.29) is 11.4 Å². The minimum absolute atomic E-state index is 0.0782. The van der Waals surface area contributed by atoms with Gasteiger partial charge in [-0.1, -0.05) is 47.5 Å². The van der Waals surface area contributed by atoms with E-state index in [9.17, 15) is 14.4 Å². The number of hydrogen-bond acceptors (Lipinski definition) is 6. The van der Waals surface area contributed by atoms with Gasteiger partial charge in [0.15, 0.2) is 0 Å². The topological polar surface area (TPSA) is 76.8 Å². The molecule has 32 heavy (non-hydrogen) atoms. The Morgan fingerprint density at radius 3 is 2.62 bits per heavy atom. The molecule has 6 nitrogen and oxygen atoms in total. The number of methoxy groups -OCH3 is 1. The van der Waals surface area contributed by atoms with Crippen molar-refractivity contribution in [2.45, 2.75) is 6.54 Å². The van der Waals surface area contributed by atoms with Crippen molar-refractivity contribution in [2.24, 2.45) is 0 Å². The van der Waals surface area contributed by atoms with E-state index in [1.54, 1.807) is 54.6 Å². The Morgan fingerprint density at radius 2 is 1.88 bits per heavy atom. The number of carbonyl (C=O) groups is 3. The fourth-order valence-corrected chi connectivity index (χ4v) is 4.29. The van der Waals surface area contributed by atoms with Gasteiger partial charge in [0.05, 0.1) is 34.2 Å². The molecule has 0 spiro atoms. The number of thioether (sulfide) groups is 1. The van der Waals surface area contributed by atoms with Crippen LogP contribution in [0.3, 0.4) is 0 Å². The second-order valence-electron chi connectivity index (χ2n) is 6.76. The second kappa shape index (κ2) is 9.24. The molecule has 0 bridgehead atoms. The van der Waals surface area contributed by atoms with Gasteiger partial charge in [0.1, 0.15) is 11.5 Å². The van der Waals surface area contributed by atoms with Gasteiger partial charge >= 0.3 is 5.97 Å². The molecule has 0 unspecified atom stereocenters. The summed E-state index contributed by atoms with van der Waals surface area (Å²) in [5, 5.41) is 0.351. The Morgan fingerprint density at radius 1 is 1.09 bits per heavy atom. The molecular weight excluding hydrogens is 473 g/mol. The zero-order chi connectivity index (χ0) is 22.8. The van der Waals surface area contributed by atoms with Gasteiger partial charge in [-0.3, -0.25) is 14.5 Å². The van der Waals surface area contributed by atoms with Crippen LogP contribution < -0.4 is 0 Å². The summed E-state index contributed by atoms with van der Waals surface area (Å²) in [6.07, 6.45) is 1.50. The van der Waals surface area contributed by atoms with Crippen molar-refractivity contribution in [1.29, 1.82) is 0 Å². The maximum atomic E-state index is 12.8. The number of nitrogens with zero attached hydrogens (tertiary/aromatic N) is 1. The first-order valence-corrected chi connectivity index (χ1v) is 10.9. The number of furan rings is 1. The van der Waals surface area contributed by atoms with Crippen LogP contribution in [0, 0.1) is 0 Å². The van der Waals surface area contributed by atoms with Gasteiger partial charge in [0.2, 0.25) is 0 Å². The van der Waals surface area contributed by atoms with Gasteiger partial charge in [-0.25, -0.2) is 4.79 Å². The van der Waals surface area contributed by atoms with Crippen LogP contribution in [0.5, 0.6) is 0 Å². The lowest BCUT2D eigenvalue weighted by Gasteiger charge is -2.12. The van der Waals surface area contributed by atoms with Crippen LogP contribution in [0.2, 0.25) is 10.0 Å². The highest BCUT2D eigenvalue weighted by Crippen LogP contribution is 2.35. The molecular formula is C23H15Cl2NO5S. The Kier molecular flexibility index (Phi) is 6.41. The van der Waals surface area contributed by atoms with Crippen LogP contribution in [0.25, 0.3) is 17.4 Å². The third-order valence-corrected chi connectivity index (χ3v) is 6.34. The lowest BCUT2D eigenvalue weighted by atomic mass is 10.1. The molecule has 0 saturated carbocycles. The number of hydrogen-bond donors (Lipinski definition) is 0. The molecule has 0 atom stereocenters. The summed E-state index contributed by atoms with van der Waals surface area (Å²) in [5.41, 5.74) is 1.60. The Balaban J connectivity index is 1.56. The van der Waals surface area contributed by atoms with Gasteiger partial charge in [-0.2, -0.15) is 0 Å². The lowest BCUT2D eigenvalue weighted by molar-refractivity contribution is -0.123. The molecule has 4 rings (SSSR count). The molecule has 2 aromatic carbocycles. The lowest BCUT2D eigenvalue weighted by Crippen LogP contribution is -2.27. The molecule has 1 fully saturated rings. The quantitative estimate of drug-likeness (QED) is 0.311. The summed E-state index contributed by atoms with van der Waals surface area (Å²) in [7, 11) is 1.31. The highest BCUT2D eigenvalue weighted by Gasteiger charge is 2.35. The Hall–Kier alpha value is -3.00. The summed E-state index contributed by atoms with van der Waals surface area (Å²) >= 11 is 12.8. The molecule has 0 radical (unpaired) electrons. The molecule has 2 heterocycles. The van der Waals surface area contributed by atoms with E-state index in [0.717, 1.165) is 16.7 Å². The highest BCUT2D eigenvalue weighted by atomic mass is 35.5. The maximum Gasteiger partial charge on any atom is 0.338 e. The first-order chi connectivity index (χ1) is 15.4. The molecule has 1 aromatic heterocycles.